The molecule has 2 atom stereocenters. The Hall–Kier alpha value is -2.09. The van der Waals surface area contributed by atoms with Crippen LogP contribution in [-0.4, -0.2) is 57.4 Å². The van der Waals surface area contributed by atoms with E-state index in [2.05, 4.69) is 10.6 Å². The fourth-order valence-electron chi connectivity index (χ4n) is 3.12. The highest BCUT2D eigenvalue weighted by Gasteiger charge is 2.32. The van der Waals surface area contributed by atoms with Crippen molar-refractivity contribution in [1.82, 2.24) is 10.6 Å². The number of quaternary nitrogens is 1. The highest BCUT2D eigenvalue weighted by atomic mass is 16.5. The van der Waals surface area contributed by atoms with Crippen molar-refractivity contribution in [3.63, 3.8) is 0 Å². The Bertz CT molecular complexity index is 532. The van der Waals surface area contributed by atoms with Gasteiger partial charge in [-0.3, -0.25) is 4.79 Å². The standard InChI is InChI=1S/C16H25N3O5/c1-3-23-14(20)11-6-5-7-19(9-11)10-13-12(15(21)24-4-2)8-17-16(22)18-13/h11H,3-10H2,1-2H3,(H2,17,18,22)/p+1/t11-/m1/s1. The molecule has 2 rings (SSSR count). The van der Waals surface area contributed by atoms with E-state index < -0.39 is 5.97 Å². The van der Waals surface area contributed by atoms with Crippen molar-refractivity contribution < 1.29 is 28.8 Å². The van der Waals surface area contributed by atoms with Crippen LogP contribution in [0.5, 0.6) is 0 Å². The first kappa shape index (κ1) is 18.3. The Labute approximate surface area is 141 Å². The van der Waals surface area contributed by atoms with Gasteiger partial charge in [-0.05, 0) is 26.7 Å². The normalized spacial score (nSPS) is 24.0. The molecule has 0 aromatic carbocycles. The van der Waals surface area contributed by atoms with Crippen LogP contribution in [0.25, 0.3) is 0 Å². The molecule has 134 valence electrons. The van der Waals surface area contributed by atoms with Gasteiger partial charge in [0.2, 0.25) is 0 Å². The molecule has 1 unspecified atom stereocenters. The maximum atomic E-state index is 12.1. The number of hydrogen-bond donors (Lipinski definition) is 3. The number of likely N-dealkylation sites (tertiary alicyclic amines) is 1. The number of rotatable bonds is 6. The number of hydrogen-bond acceptors (Lipinski definition) is 5. The first-order valence-corrected chi connectivity index (χ1v) is 8.49. The third-order valence-corrected chi connectivity index (χ3v) is 4.24. The van der Waals surface area contributed by atoms with Gasteiger partial charge in [-0.1, -0.05) is 0 Å². The molecule has 0 saturated carbocycles. The minimum atomic E-state index is -0.418. The molecule has 1 saturated heterocycles. The summed E-state index contributed by atoms with van der Waals surface area (Å²) in [6.45, 7) is 6.38. The number of nitrogens with one attached hydrogen (secondary N) is 3. The van der Waals surface area contributed by atoms with E-state index in [4.69, 9.17) is 9.47 Å². The van der Waals surface area contributed by atoms with Gasteiger partial charge in [-0.2, -0.15) is 0 Å². The number of ether oxygens (including phenoxy) is 2. The fraction of sp³-hybridized carbons (Fsp3) is 0.688. The zero-order chi connectivity index (χ0) is 17.5. The molecule has 8 nitrogen and oxygen atoms in total. The molecular weight excluding hydrogens is 314 g/mol. The summed E-state index contributed by atoms with van der Waals surface area (Å²) in [4.78, 5) is 36.8. The van der Waals surface area contributed by atoms with E-state index in [1.54, 1.807) is 13.8 Å². The van der Waals surface area contributed by atoms with Gasteiger partial charge in [0.15, 0.2) is 0 Å². The average Bonchev–Trinajstić information content (AvgIpc) is 2.55. The van der Waals surface area contributed by atoms with Crippen molar-refractivity contribution in [3.05, 3.63) is 11.3 Å². The maximum Gasteiger partial charge on any atom is 0.337 e. The lowest BCUT2D eigenvalue weighted by Crippen LogP contribution is -3.14. The summed E-state index contributed by atoms with van der Waals surface area (Å²) in [5.41, 5.74) is 1.03. The number of carbonyl (C=O) groups excluding carboxylic acids is 3. The highest BCUT2D eigenvalue weighted by molar-refractivity contribution is 5.93. The fourth-order valence-corrected chi connectivity index (χ4v) is 3.12. The third kappa shape index (κ3) is 4.70. The quantitative estimate of drug-likeness (QED) is 0.538. The number of piperidine rings is 1. The zero-order valence-electron chi connectivity index (χ0n) is 14.3. The van der Waals surface area contributed by atoms with Crippen LogP contribution in [0.3, 0.4) is 0 Å². The van der Waals surface area contributed by atoms with Crippen LogP contribution in [0.4, 0.5) is 4.79 Å². The SMILES string of the molecule is CCOC(=O)C1=C(C[NH+]2CCC[C@@H](C(=O)OCC)C2)NC(=O)NC1. The largest absolute Gasteiger partial charge is 0.466 e. The molecule has 2 aliphatic rings. The summed E-state index contributed by atoms with van der Waals surface area (Å²) in [5, 5.41) is 5.30. The number of esters is 2. The summed E-state index contributed by atoms with van der Waals surface area (Å²) in [6.07, 6.45) is 1.73. The first-order chi connectivity index (χ1) is 11.5. The molecule has 2 amide bonds. The Balaban J connectivity index is 2.06. The topological polar surface area (TPSA) is 98.2 Å². The molecule has 1 fully saturated rings. The third-order valence-electron chi connectivity index (χ3n) is 4.24. The van der Waals surface area contributed by atoms with Gasteiger partial charge in [0, 0.05) is 0 Å². The predicted molar refractivity (Wildman–Crippen MR) is 85.1 cm³/mol. The van der Waals surface area contributed by atoms with E-state index in [9.17, 15) is 14.4 Å². The van der Waals surface area contributed by atoms with Crippen LogP contribution >= 0.6 is 0 Å². The van der Waals surface area contributed by atoms with Gasteiger partial charge in [-0.15, -0.1) is 0 Å². The van der Waals surface area contributed by atoms with E-state index in [0.717, 1.165) is 24.3 Å². The van der Waals surface area contributed by atoms with Crippen molar-refractivity contribution in [2.24, 2.45) is 5.92 Å². The number of carbonyl (C=O) groups is 3. The molecule has 8 heteroatoms. The van der Waals surface area contributed by atoms with Crippen LogP contribution in [0.15, 0.2) is 11.3 Å². The number of urea groups is 1. The van der Waals surface area contributed by atoms with Crippen LogP contribution < -0.4 is 15.5 Å². The van der Waals surface area contributed by atoms with E-state index in [1.807, 2.05) is 0 Å². The van der Waals surface area contributed by atoms with Gasteiger partial charge in [0.25, 0.3) is 0 Å². The molecule has 0 aliphatic carbocycles. The molecule has 24 heavy (non-hydrogen) atoms. The Morgan fingerprint density at radius 3 is 2.71 bits per heavy atom. The van der Waals surface area contributed by atoms with Gasteiger partial charge >= 0.3 is 18.0 Å². The first-order valence-electron chi connectivity index (χ1n) is 8.49. The molecule has 0 bridgehead atoms. The Morgan fingerprint density at radius 1 is 1.25 bits per heavy atom. The van der Waals surface area contributed by atoms with Crippen LogP contribution in [0.1, 0.15) is 26.7 Å². The van der Waals surface area contributed by atoms with Crippen molar-refractivity contribution in [1.29, 1.82) is 0 Å². The Kier molecular flexibility index (Phi) is 6.60. The van der Waals surface area contributed by atoms with Crippen LogP contribution in [0, 0.1) is 5.92 Å². The lowest BCUT2D eigenvalue weighted by molar-refractivity contribution is -0.903. The summed E-state index contributed by atoms with van der Waals surface area (Å²) in [5.74, 6) is -0.709. The summed E-state index contributed by atoms with van der Waals surface area (Å²) < 4.78 is 10.2. The maximum absolute atomic E-state index is 12.1. The average molecular weight is 340 g/mol. The van der Waals surface area contributed by atoms with E-state index in [1.165, 1.54) is 0 Å². The van der Waals surface area contributed by atoms with Crippen molar-refractivity contribution in [3.8, 4) is 0 Å². The van der Waals surface area contributed by atoms with E-state index >= 15 is 0 Å². The van der Waals surface area contributed by atoms with Crippen molar-refractivity contribution in [2.45, 2.75) is 26.7 Å². The molecule has 0 aromatic rings. The molecular formula is C16H26N3O5+. The summed E-state index contributed by atoms with van der Waals surface area (Å²) in [7, 11) is 0. The molecule has 0 radical (unpaired) electrons. The smallest absolute Gasteiger partial charge is 0.337 e. The second-order valence-corrected chi connectivity index (χ2v) is 5.96. The molecule has 3 N–H and O–H groups in total. The van der Waals surface area contributed by atoms with Gasteiger partial charge in [-0.25, -0.2) is 9.59 Å². The van der Waals surface area contributed by atoms with Crippen LogP contribution in [-0.2, 0) is 19.1 Å². The second kappa shape index (κ2) is 8.68. The monoisotopic (exact) mass is 340 g/mol. The van der Waals surface area contributed by atoms with Crippen molar-refractivity contribution in [2.75, 3.05) is 39.4 Å². The lowest BCUT2D eigenvalue weighted by Gasteiger charge is -2.30. The van der Waals surface area contributed by atoms with E-state index in [0.29, 0.717) is 31.0 Å². The van der Waals surface area contributed by atoms with Gasteiger partial charge in [0.05, 0.1) is 44.1 Å². The van der Waals surface area contributed by atoms with Crippen LogP contribution in [0.2, 0.25) is 0 Å². The molecule has 2 aliphatic heterocycles. The zero-order valence-corrected chi connectivity index (χ0v) is 14.3. The number of amides is 2. The molecule has 2 heterocycles. The van der Waals surface area contributed by atoms with Crippen molar-refractivity contribution >= 4 is 18.0 Å². The predicted octanol–water partition coefficient (Wildman–Crippen LogP) is -1.03. The minimum absolute atomic E-state index is 0.127. The van der Waals surface area contributed by atoms with Gasteiger partial charge < -0.3 is 25.0 Å². The molecule has 0 spiro atoms. The Morgan fingerprint density at radius 2 is 2.00 bits per heavy atom. The minimum Gasteiger partial charge on any atom is -0.466 e. The van der Waals surface area contributed by atoms with E-state index in [-0.39, 0.29) is 31.1 Å². The molecule has 0 aromatic heterocycles. The lowest BCUT2D eigenvalue weighted by atomic mass is 9.97. The van der Waals surface area contributed by atoms with Gasteiger partial charge in [0.1, 0.15) is 12.5 Å². The summed E-state index contributed by atoms with van der Waals surface area (Å²) in [6, 6.07) is -0.323. The summed E-state index contributed by atoms with van der Waals surface area (Å²) >= 11 is 0. The second-order valence-electron chi connectivity index (χ2n) is 5.96. The highest BCUT2D eigenvalue weighted by Crippen LogP contribution is 2.11.